The number of ether oxygens (including phenoxy) is 1. The molecule has 6 heteroatoms. The Morgan fingerprint density at radius 1 is 1.12 bits per heavy atom. The van der Waals surface area contributed by atoms with Crippen molar-refractivity contribution in [3.63, 3.8) is 0 Å². The Morgan fingerprint density at radius 3 is 2.30 bits per heavy atom. The summed E-state index contributed by atoms with van der Waals surface area (Å²) in [5.74, 6) is -0.286. The van der Waals surface area contributed by atoms with Gasteiger partial charge in [-0.2, -0.15) is 0 Å². The van der Waals surface area contributed by atoms with Crippen LogP contribution in [0.25, 0.3) is 11.1 Å². The zero-order valence-corrected chi connectivity index (χ0v) is 21.7. The van der Waals surface area contributed by atoms with Crippen molar-refractivity contribution in [2.75, 3.05) is 37.0 Å². The van der Waals surface area contributed by atoms with Gasteiger partial charge in [-0.3, -0.25) is 10.5 Å². The first-order valence-corrected chi connectivity index (χ1v) is 12.0. The first kappa shape index (κ1) is 26.7. The average molecular weight is 455 g/mol. The average Bonchev–Trinajstić information content (AvgIpc) is 3.11. The third-order valence-corrected chi connectivity index (χ3v) is 6.06. The smallest absolute Gasteiger partial charge is 0.312 e. The van der Waals surface area contributed by atoms with E-state index in [2.05, 4.69) is 60.7 Å². The third kappa shape index (κ3) is 5.50. The van der Waals surface area contributed by atoms with Gasteiger partial charge in [0.1, 0.15) is 0 Å². The van der Waals surface area contributed by atoms with Crippen LogP contribution in [0.2, 0.25) is 0 Å². The lowest BCUT2D eigenvalue weighted by Crippen LogP contribution is -2.41. The van der Waals surface area contributed by atoms with Crippen LogP contribution in [0, 0.1) is 6.92 Å². The molecule has 0 aromatic heterocycles. The molecule has 2 aliphatic heterocycles. The predicted octanol–water partition coefficient (Wildman–Crippen LogP) is 4.24. The van der Waals surface area contributed by atoms with Gasteiger partial charge in [-0.25, -0.2) is 0 Å². The number of likely N-dealkylation sites (N-methyl/N-ethyl adjacent to an activating group) is 1. The van der Waals surface area contributed by atoms with Crippen molar-refractivity contribution in [2.24, 2.45) is 11.5 Å². The molecule has 0 saturated carbocycles. The van der Waals surface area contributed by atoms with Crippen molar-refractivity contribution in [1.82, 2.24) is 0 Å². The maximum Gasteiger partial charge on any atom is 0.312 e. The molecule has 2 aliphatic rings. The Labute approximate surface area is 199 Å². The quantitative estimate of drug-likeness (QED) is 0.531. The van der Waals surface area contributed by atoms with E-state index in [1.54, 1.807) is 13.8 Å². The van der Waals surface area contributed by atoms with Gasteiger partial charge in [0.25, 0.3) is 0 Å². The van der Waals surface area contributed by atoms with E-state index in [0.717, 1.165) is 36.2 Å². The van der Waals surface area contributed by atoms with E-state index >= 15 is 0 Å². The fourth-order valence-corrected chi connectivity index (χ4v) is 4.90. The number of benzene rings is 2. The Morgan fingerprint density at radius 2 is 1.73 bits per heavy atom. The summed E-state index contributed by atoms with van der Waals surface area (Å²) in [4.78, 5) is 17.6. The van der Waals surface area contributed by atoms with E-state index in [0.29, 0.717) is 6.04 Å². The minimum absolute atomic E-state index is 0.221. The Balaban J connectivity index is 0.000000914. The first-order chi connectivity index (χ1) is 15.7. The molecular formula is C27H42N4O2. The van der Waals surface area contributed by atoms with Crippen molar-refractivity contribution >= 4 is 17.3 Å². The van der Waals surface area contributed by atoms with Gasteiger partial charge in [0.2, 0.25) is 0 Å². The molecule has 0 spiro atoms. The molecule has 33 heavy (non-hydrogen) atoms. The Hall–Kier alpha value is -2.57. The zero-order chi connectivity index (χ0) is 24.9. The topological polar surface area (TPSA) is 84.8 Å². The van der Waals surface area contributed by atoms with Crippen molar-refractivity contribution in [1.29, 1.82) is 0 Å². The van der Waals surface area contributed by atoms with E-state index < -0.39 is 5.72 Å². The van der Waals surface area contributed by atoms with Crippen LogP contribution in [-0.2, 0) is 22.4 Å². The van der Waals surface area contributed by atoms with Crippen LogP contribution in [0.3, 0.4) is 0 Å². The molecule has 0 fully saturated rings. The number of carbonyl (C=O) groups excluding carboxylic acids is 1. The molecule has 0 aliphatic carbocycles. The molecule has 2 aromatic carbocycles. The van der Waals surface area contributed by atoms with E-state index in [1.165, 1.54) is 29.5 Å². The zero-order valence-electron chi connectivity index (χ0n) is 21.7. The van der Waals surface area contributed by atoms with Crippen molar-refractivity contribution in [3.05, 3.63) is 47.0 Å². The SMILES string of the molecule is CC.CN.Cc1c(CC(=O)OC(C)(C)N)c(-c2ccccc2)c2c3c1N(C)CCN3C(C)C2. The van der Waals surface area contributed by atoms with Crippen LogP contribution in [0.4, 0.5) is 11.4 Å². The highest BCUT2D eigenvalue weighted by molar-refractivity contribution is 5.93. The number of esters is 1. The standard InChI is InChI=1S/C24H31N3O2.C2H6.CH5N/c1-15-13-19-21(17-9-7-6-8-10-17)18(14-20(28)29-24(3,4)25)16(2)22-23(19)27(15)12-11-26(22)5;2*1-2/h6-10,15H,11-14,25H2,1-5H3;1-2H3;2H2,1H3. The van der Waals surface area contributed by atoms with Crippen LogP contribution < -0.4 is 21.3 Å². The molecule has 182 valence electrons. The molecule has 0 amide bonds. The second kappa shape index (κ2) is 11.0. The number of anilines is 2. The largest absolute Gasteiger partial charge is 0.444 e. The van der Waals surface area contributed by atoms with Crippen molar-refractivity contribution in [2.45, 2.75) is 66.2 Å². The van der Waals surface area contributed by atoms with Gasteiger partial charge in [0, 0.05) is 26.2 Å². The van der Waals surface area contributed by atoms with Gasteiger partial charge < -0.3 is 20.3 Å². The molecule has 6 nitrogen and oxygen atoms in total. The lowest BCUT2D eigenvalue weighted by molar-refractivity contribution is -0.155. The molecule has 1 unspecified atom stereocenters. The normalized spacial score (nSPS) is 16.2. The number of rotatable bonds is 4. The summed E-state index contributed by atoms with van der Waals surface area (Å²) in [6, 6.07) is 10.9. The summed E-state index contributed by atoms with van der Waals surface area (Å²) >= 11 is 0. The maximum absolute atomic E-state index is 12.8. The van der Waals surface area contributed by atoms with Crippen LogP contribution in [0.1, 0.15) is 51.3 Å². The molecule has 2 heterocycles. The summed E-state index contributed by atoms with van der Waals surface area (Å²) in [5.41, 5.74) is 18.0. The summed E-state index contributed by atoms with van der Waals surface area (Å²) in [7, 11) is 3.65. The van der Waals surface area contributed by atoms with Crippen LogP contribution in [-0.4, -0.2) is 44.9 Å². The summed E-state index contributed by atoms with van der Waals surface area (Å²) in [6.45, 7) is 13.9. The van der Waals surface area contributed by atoms with Crippen LogP contribution >= 0.6 is 0 Å². The molecular weight excluding hydrogens is 412 g/mol. The number of hydrogen-bond donors (Lipinski definition) is 2. The first-order valence-electron chi connectivity index (χ1n) is 12.0. The molecule has 4 N–H and O–H groups in total. The minimum atomic E-state index is -0.981. The maximum atomic E-state index is 12.8. The lowest BCUT2D eigenvalue weighted by Gasteiger charge is -2.39. The van der Waals surface area contributed by atoms with Gasteiger partial charge >= 0.3 is 5.97 Å². The van der Waals surface area contributed by atoms with E-state index in [9.17, 15) is 4.79 Å². The number of hydrogen-bond acceptors (Lipinski definition) is 6. The van der Waals surface area contributed by atoms with Crippen LogP contribution in [0.5, 0.6) is 0 Å². The minimum Gasteiger partial charge on any atom is -0.444 e. The highest BCUT2D eigenvalue weighted by Crippen LogP contribution is 2.50. The predicted molar refractivity (Wildman–Crippen MR) is 140 cm³/mol. The van der Waals surface area contributed by atoms with E-state index in [1.807, 2.05) is 19.9 Å². The third-order valence-electron chi connectivity index (χ3n) is 6.06. The van der Waals surface area contributed by atoms with E-state index in [4.69, 9.17) is 10.5 Å². The summed E-state index contributed by atoms with van der Waals surface area (Å²) < 4.78 is 5.48. The monoisotopic (exact) mass is 454 g/mol. The van der Waals surface area contributed by atoms with Gasteiger partial charge in [-0.05, 0) is 69.0 Å². The second-order valence-electron chi connectivity index (χ2n) is 8.94. The molecule has 0 saturated heterocycles. The fourth-order valence-electron chi connectivity index (χ4n) is 4.90. The van der Waals surface area contributed by atoms with Gasteiger partial charge in [-0.15, -0.1) is 0 Å². The van der Waals surface area contributed by atoms with Crippen LogP contribution in [0.15, 0.2) is 30.3 Å². The van der Waals surface area contributed by atoms with E-state index in [-0.39, 0.29) is 12.4 Å². The number of nitrogens with two attached hydrogens (primary N) is 2. The Bertz CT molecular complexity index is 951. The van der Waals surface area contributed by atoms with Gasteiger partial charge in [0.05, 0.1) is 17.8 Å². The summed E-state index contributed by atoms with van der Waals surface area (Å²) in [5, 5.41) is 0. The van der Waals surface area contributed by atoms with Crippen molar-refractivity contribution in [3.8, 4) is 11.1 Å². The fraction of sp³-hybridized carbons (Fsp3) is 0.519. The molecule has 4 rings (SSSR count). The molecule has 2 aromatic rings. The summed E-state index contributed by atoms with van der Waals surface area (Å²) in [6.07, 6.45) is 1.21. The van der Waals surface area contributed by atoms with Crippen molar-refractivity contribution < 1.29 is 9.53 Å². The molecule has 1 atom stereocenters. The lowest BCUT2D eigenvalue weighted by atomic mass is 9.86. The molecule has 0 bridgehead atoms. The number of nitrogens with zero attached hydrogens (tertiary/aromatic N) is 2. The van der Waals surface area contributed by atoms with Gasteiger partial charge in [0.15, 0.2) is 5.72 Å². The highest BCUT2D eigenvalue weighted by atomic mass is 16.6. The number of carbonyl (C=O) groups is 1. The van der Waals surface area contributed by atoms with Gasteiger partial charge in [-0.1, -0.05) is 44.2 Å². The highest BCUT2D eigenvalue weighted by Gasteiger charge is 2.38. The second-order valence-corrected chi connectivity index (χ2v) is 8.94. The Kier molecular flexibility index (Phi) is 8.92. The molecule has 0 radical (unpaired) electrons.